The predicted molar refractivity (Wildman–Crippen MR) is 111 cm³/mol. The molecule has 1 aliphatic carbocycles. The maximum Gasteiger partial charge on any atom is 0.251 e. The molecule has 1 N–H and O–H groups in total. The highest BCUT2D eigenvalue weighted by molar-refractivity contribution is 6.09. The number of carbonyl (C=O) groups is 3. The molecule has 3 rings (SSSR count). The summed E-state index contributed by atoms with van der Waals surface area (Å²) in [5.74, 6) is -1.92. The van der Waals surface area contributed by atoms with Crippen LogP contribution in [0.5, 0.6) is 0 Å². The fraction of sp³-hybridized carbons (Fsp3) is 0.292. The first-order valence-corrected chi connectivity index (χ1v) is 9.61. The van der Waals surface area contributed by atoms with Crippen molar-refractivity contribution in [2.24, 2.45) is 5.92 Å². The number of amides is 1. The molecule has 1 saturated carbocycles. The van der Waals surface area contributed by atoms with E-state index in [2.05, 4.69) is 11.9 Å². The summed E-state index contributed by atoms with van der Waals surface area (Å²) in [7, 11) is 0. The molecule has 0 spiro atoms. The van der Waals surface area contributed by atoms with Crippen molar-refractivity contribution in [3.63, 3.8) is 0 Å². The van der Waals surface area contributed by atoms with E-state index in [0.29, 0.717) is 17.6 Å². The van der Waals surface area contributed by atoms with Crippen molar-refractivity contribution in [2.45, 2.75) is 39.2 Å². The number of ketones is 2. The average Bonchev–Trinajstić information content (AvgIpc) is 2.72. The third kappa shape index (κ3) is 4.63. The lowest BCUT2D eigenvalue weighted by atomic mass is 9.70. The van der Waals surface area contributed by atoms with Crippen LogP contribution < -0.4 is 5.32 Å². The van der Waals surface area contributed by atoms with Crippen LogP contribution in [0.25, 0.3) is 0 Å². The lowest BCUT2D eigenvalue weighted by Gasteiger charge is -2.36. The van der Waals surface area contributed by atoms with Gasteiger partial charge in [0.25, 0.3) is 5.91 Å². The van der Waals surface area contributed by atoms with Crippen molar-refractivity contribution in [1.29, 1.82) is 0 Å². The fourth-order valence-corrected chi connectivity index (χ4v) is 3.58. The van der Waals surface area contributed by atoms with Crippen LogP contribution in [0.3, 0.4) is 0 Å². The molecule has 3 atom stereocenters. The molecule has 4 nitrogen and oxygen atoms in total. The van der Waals surface area contributed by atoms with E-state index in [0.717, 1.165) is 5.56 Å². The monoisotopic (exact) mass is 377 g/mol. The lowest BCUT2D eigenvalue weighted by Crippen LogP contribution is -2.52. The Balaban J connectivity index is 0.00000136. The van der Waals surface area contributed by atoms with E-state index in [9.17, 15) is 14.4 Å². The van der Waals surface area contributed by atoms with Crippen molar-refractivity contribution in [3.05, 3.63) is 83.9 Å². The Hall–Kier alpha value is -3.01. The van der Waals surface area contributed by atoms with Crippen LogP contribution in [0.4, 0.5) is 0 Å². The van der Waals surface area contributed by atoms with Gasteiger partial charge in [0.1, 0.15) is 5.78 Å². The second-order valence-electron chi connectivity index (χ2n) is 6.64. The second-order valence-corrected chi connectivity index (χ2v) is 6.64. The molecule has 0 heterocycles. The number of carbonyl (C=O) groups excluding carboxylic acids is 3. The Labute approximate surface area is 166 Å². The van der Waals surface area contributed by atoms with E-state index in [-0.39, 0.29) is 23.4 Å². The molecule has 1 fully saturated rings. The van der Waals surface area contributed by atoms with E-state index in [4.69, 9.17) is 0 Å². The van der Waals surface area contributed by atoms with Crippen LogP contribution in [0, 0.1) is 5.92 Å². The molecule has 2 aromatic carbocycles. The number of hydrogen-bond donors (Lipinski definition) is 1. The fourth-order valence-electron chi connectivity index (χ4n) is 3.58. The van der Waals surface area contributed by atoms with E-state index < -0.39 is 12.0 Å². The van der Waals surface area contributed by atoms with Gasteiger partial charge in [-0.25, -0.2) is 0 Å². The van der Waals surface area contributed by atoms with E-state index >= 15 is 0 Å². The lowest BCUT2D eigenvalue weighted by molar-refractivity contribution is -0.132. The molecule has 146 valence electrons. The number of allylic oxidation sites excluding steroid dienone is 1. The van der Waals surface area contributed by atoms with Gasteiger partial charge in [0.05, 0.1) is 12.0 Å². The van der Waals surface area contributed by atoms with Crippen molar-refractivity contribution in [2.75, 3.05) is 0 Å². The highest BCUT2D eigenvalue weighted by Gasteiger charge is 2.43. The molecule has 1 aliphatic rings. The van der Waals surface area contributed by atoms with Crippen LogP contribution in [0.2, 0.25) is 0 Å². The predicted octanol–water partition coefficient (Wildman–Crippen LogP) is 4.33. The summed E-state index contributed by atoms with van der Waals surface area (Å²) < 4.78 is 0. The molecule has 0 aromatic heterocycles. The Morgan fingerprint density at radius 3 is 2.04 bits per heavy atom. The van der Waals surface area contributed by atoms with Crippen LogP contribution in [0.1, 0.15) is 49.0 Å². The summed E-state index contributed by atoms with van der Waals surface area (Å²) >= 11 is 0. The van der Waals surface area contributed by atoms with Crippen LogP contribution >= 0.6 is 0 Å². The summed E-state index contributed by atoms with van der Waals surface area (Å²) in [5.41, 5.74) is 2.04. The van der Waals surface area contributed by atoms with Crippen molar-refractivity contribution < 1.29 is 14.4 Å². The first-order chi connectivity index (χ1) is 13.5. The van der Waals surface area contributed by atoms with Crippen LogP contribution in [-0.2, 0) is 9.59 Å². The van der Waals surface area contributed by atoms with E-state index in [1.807, 2.05) is 50.2 Å². The molecule has 0 saturated heterocycles. The number of nitrogens with one attached hydrogen (secondary N) is 1. The van der Waals surface area contributed by atoms with Crippen molar-refractivity contribution in [3.8, 4) is 0 Å². The largest absolute Gasteiger partial charge is 0.342 e. The minimum absolute atomic E-state index is 0.231. The SMILES string of the molecule is C=C1C[C@@H](c2ccccc2)[C@H](NC(=O)c2ccccc2)C(=O)C1C(C)=O.CC. The smallest absolute Gasteiger partial charge is 0.251 e. The molecule has 0 radical (unpaired) electrons. The molecule has 2 aromatic rings. The zero-order valence-corrected chi connectivity index (χ0v) is 16.6. The highest BCUT2D eigenvalue weighted by atomic mass is 16.2. The van der Waals surface area contributed by atoms with Gasteiger partial charge in [-0.1, -0.05) is 74.5 Å². The van der Waals surface area contributed by atoms with Crippen molar-refractivity contribution >= 4 is 17.5 Å². The molecule has 1 unspecified atom stereocenters. The average molecular weight is 377 g/mol. The Kier molecular flexibility index (Phi) is 7.44. The number of Topliss-reactive ketones (excluding diaryl/α,β-unsaturated/α-hetero) is 2. The summed E-state index contributed by atoms with van der Waals surface area (Å²) in [6.07, 6.45) is 0.486. The minimum Gasteiger partial charge on any atom is -0.342 e. The zero-order valence-electron chi connectivity index (χ0n) is 16.6. The summed E-state index contributed by atoms with van der Waals surface area (Å²) in [6.45, 7) is 9.36. The van der Waals surface area contributed by atoms with Crippen LogP contribution in [0.15, 0.2) is 72.8 Å². The first-order valence-electron chi connectivity index (χ1n) is 9.61. The van der Waals surface area contributed by atoms with Gasteiger partial charge in [0.15, 0.2) is 5.78 Å². The van der Waals surface area contributed by atoms with Gasteiger partial charge in [-0.15, -0.1) is 0 Å². The molecule has 0 bridgehead atoms. The third-order valence-electron chi connectivity index (χ3n) is 4.84. The van der Waals surface area contributed by atoms with Gasteiger partial charge in [-0.3, -0.25) is 14.4 Å². The number of benzene rings is 2. The second kappa shape index (κ2) is 9.79. The van der Waals surface area contributed by atoms with Gasteiger partial charge in [-0.05, 0) is 31.0 Å². The molecular formula is C24H27NO3. The number of hydrogen-bond acceptors (Lipinski definition) is 3. The van der Waals surface area contributed by atoms with Gasteiger partial charge < -0.3 is 5.32 Å². The third-order valence-corrected chi connectivity index (χ3v) is 4.84. The molecular weight excluding hydrogens is 350 g/mol. The standard InChI is InChI=1S/C22H21NO3.C2H6/c1-14-13-18(16-9-5-3-6-10-16)20(21(25)19(14)15(2)24)23-22(26)17-11-7-4-8-12-17;1-2/h3-12,18-20H,1,13H2,2H3,(H,23,26);1-2H3/t18-,19?,20-;/m0./s1. The van der Waals surface area contributed by atoms with Gasteiger partial charge in [0.2, 0.25) is 0 Å². The Bertz CT molecular complexity index is 843. The maximum atomic E-state index is 13.0. The molecule has 0 aliphatic heterocycles. The topological polar surface area (TPSA) is 63.2 Å². The summed E-state index contributed by atoms with van der Waals surface area (Å²) in [5, 5.41) is 2.86. The normalized spacial score (nSPS) is 21.3. The van der Waals surface area contributed by atoms with Crippen LogP contribution in [-0.4, -0.2) is 23.5 Å². The maximum absolute atomic E-state index is 13.0. The number of rotatable bonds is 4. The molecule has 1 amide bonds. The zero-order chi connectivity index (χ0) is 20.7. The minimum atomic E-state index is -0.851. The van der Waals surface area contributed by atoms with Crippen molar-refractivity contribution in [1.82, 2.24) is 5.32 Å². The van der Waals surface area contributed by atoms with E-state index in [1.54, 1.807) is 24.3 Å². The first kappa shape index (κ1) is 21.3. The van der Waals surface area contributed by atoms with Gasteiger partial charge in [0, 0.05) is 11.5 Å². The molecule has 4 heteroatoms. The van der Waals surface area contributed by atoms with Gasteiger partial charge >= 0.3 is 0 Å². The summed E-state index contributed by atoms with van der Waals surface area (Å²) in [4.78, 5) is 37.6. The van der Waals surface area contributed by atoms with Gasteiger partial charge in [-0.2, -0.15) is 0 Å². The summed E-state index contributed by atoms with van der Waals surface area (Å²) in [6, 6.07) is 17.6. The Morgan fingerprint density at radius 2 is 1.50 bits per heavy atom. The van der Waals surface area contributed by atoms with E-state index in [1.165, 1.54) is 6.92 Å². The molecule has 28 heavy (non-hydrogen) atoms. The Morgan fingerprint density at radius 1 is 0.964 bits per heavy atom. The quantitative estimate of drug-likeness (QED) is 0.637. The highest BCUT2D eigenvalue weighted by Crippen LogP contribution is 2.37.